The molecule has 1 aliphatic heterocycles. The zero-order valence-electron chi connectivity index (χ0n) is 20.4. The molecule has 0 bridgehead atoms. The Hall–Kier alpha value is -3.26. The largest absolute Gasteiger partial charge is 0.484 e. The lowest BCUT2D eigenvalue weighted by Gasteiger charge is -2.41. The molecule has 1 aliphatic rings. The number of rotatable bonds is 8. The molecule has 2 aromatic rings. The van der Waals surface area contributed by atoms with Gasteiger partial charge in [0, 0.05) is 43.2 Å². The van der Waals surface area contributed by atoms with Crippen molar-refractivity contribution in [3.05, 3.63) is 65.2 Å². The van der Waals surface area contributed by atoms with Crippen LogP contribution in [0.3, 0.4) is 0 Å². The Kier molecular flexibility index (Phi) is 9.37. The first-order valence-electron chi connectivity index (χ1n) is 11.8. The van der Waals surface area contributed by atoms with E-state index in [0.29, 0.717) is 36.8 Å². The summed E-state index contributed by atoms with van der Waals surface area (Å²) in [6.07, 6.45) is 0.356. The number of piperazine rings is 1. The Morgan fingerprint density at radius 3 is 2.34 bits per heavy atom. The highest BCUT2D eigenvalue weighted by Crippen LogP contribution is 2.16. The van der Waals surface area contributed by atoms with Gasteiger partial charge in [0.15, 0.2) is 6.61 Å². The summed E-state index contributed by atoms with van der Waals surface area (Å²) >= 11 is 5.89. The SMILES string of the molecule is CC(C)NC(=O)N1CCN(C(=O)C(Cc2ccccc2)NC(=O)COc2ccc(Cl)cc2)CC1C. The number of hydrogen-bond donors (Lipinski definition) is 2. The number of halogens is 1. The molecule has 35 heavy (non-hydrogen) atoms. The van der Waals surface area contributed by atoms with E-state index in [1.54, 1.807) is 34.1 Å². The molecule has 9 heteroatoms. The van der Waals surface area contributed by atoms with Crippen molar-refractivity contribution in [2.24, 2.45) is 0 Å². The molecule has 1 heterocycles. The summed E-state index contributed by atoms with van der Waals surface area (Å²) in [5.41, 5.74) is 0.938. The number of carbonyl (C=O) groups excluding carboxylic acids is 3. The third-order valence-electron chi connectivity index (χ3n) is 5.71. The maximum Gasteiger partial charge on any atom is 0.317 e. The van der Waals surface area contributed by atoms with Gasteiger partial charge in [0.2, 0.25) is 5.91 Å². The highest BCUT2D eigenvalue weighted by Gasteiger charge is 2.33. The van der Waals surface area contributed by atoms with Crippen LogP contribution in [0.5, 0.6) is 5.75 Å². The summed E-state index contributed by atoms with van der Waals surface area (Å²) in [4.78, 5) is 42.1. The number of carbonyl (C=O) groups is 3. The molecule has 2 unspecified atom stereocenters. The average Bonchev–Trinajstić information content (AvgIpc) is 2.83. The molecule has 2 atom stereocenters. The molecule has 3 rings (SSSR count). The standard InChI is InChI=1S/C26H33ClN4O4/c1-18(2)28-26(34)31-14-13-30(16-19(31)3)25(33)23(15-20-7-5-4-6-8-20)29-24(32)17-35-22-11-9-21(27)10-12-22/h4-12,18-19,23H,13-17H2,1-3H3,(H,28,34)(H,29,32). The topological polar surface area (TPSA) is 91.0 Å². The normalized spacial score (nSPS) is 16.5. The summed E-state index contributed by atoms with van der Waals surface area (Å²) in [6.45, 7) is 6.75. The van der Waals surface area contributed by atoms with Crippen molar-refractivity contribution in [2.45, 2.75) is 45.3 Å². The van der Waals surface area contributed by atoms with Crippen LogP contribution in [0, 0.1) is 0 Å². The van der Waals surface area contributed by atoms with Gasteiger partial charge in [0.25, 0.3) is 5.91 Å². The summed E-state index contributed by atoms with van der Waals surface area (Å²) in [5, 5.41) is 6.32. The van der Waals surface area contributed by atoms with Crippen LogP contribution in [-0.2, 0) is 16.0 Å². The van der Waals surface area contributed by atoms with Crippen LogP contribution in [0.4, 0.5) is 4.79 Å². The van der Waals surface area contributed by atoms with E-state index >= 15 is 0 Å². The van der Waals surface area contributed by atoms with E-state index in [-0.39, 0.29) is 30.6 Å². The van der Waals surface area contributed by atoms with Crippen LogP contribution >= 0.6 is 11.6 Å². The van der Waals surface area contributed by atoms with E-state index < -0.39 is 11.9 Å². The number of amides is 4. The molecule has 4 amide bonds. The summed E-state index contributed by atoms with van der Waals surface area (Å²) in [7, 11) is 0. The van der Waals surface area contributed by atoms with Crippen LogP contribution < -0.4 is 15.4 Å². The summed E-state index contributed by atoms with van der Waals surface area (Å²) < 4.78 is 5.54. The summed E-state index contributed by atoms with van der Waals surface area (Å²) in [6, 6.07) is 15.3. The fourth-order valence-corrected chi connectivity index (χ4v) is 4.10. The average molecular weight is 501 g/mol. The molecule has 0 spiro atoms. The highest BCUT2D eigenvalue weighted by atomic mass is 35.5. The molecule has 2 N–H and O–H groups in total. The number of nitrogens with zero attached hydrogens (tertiary/aromatic N) is 2. The molecule has 1 fully saturated rings. The highest BCUT2D eigenvalue weighted by molar-refractivity contribution is 6.30. The molecule has 0 radical (unpaired) electrons. The van der Waals surface area contributed by atoms with Crippen LogP contribution in [0.25, 0.3) is 0 Å². The van der Waals surface area contributed by atoms with E-state index in [1.165, 1.54) is 0 Å². The van der Waals surface area contributed by atoms with Crippen molar-refractivity contribution in [3.63, 3.8) is 0 Å². The minimum Gasteiger partial charge on any atom is -0.484 e. The van der Waals surface area contributed by atoms with Crippen molar-refractivity contribution < 1.29 is 19.1 Å². The van der Waals surface area contributed by atoms with Gasteiger partial charge in [-0.1, -0.05) is 41.9 Å². The predicted octanol–water partition coefficient (Wildman–Crippen LogP) is 3.10. The fraction of sp³-hybridized carbons (Fsp3) is 0.423. The van der Waals surface area contributed by atoms with Gasteiger partial charge < -0.3 is 25.2 Å². The molecule has 0 aliphatic carbocycles. The van der Waals surface area contributed by atoms with Gasteiger partial charge in [-0.05, 0) is 50.6 Å². The molecule has 2 aromatic carbocycles. The van der Waals surface area contributed by atoms with Crippen LogP contribution in [0.2, 0.25) is 5.02 Å². The monoisotopic (exact) mass is 500 g/mol. The van der Waals surface area contributed by atoms with Gasteiger partial charge in [-0.2, -0.15) is 0 Å². The van der Waals surface area contributed by atoms with Crippen molar-refractivity contribution in [1.29, 1.82) is 0 Å². The Morgan fingerprint density at radius 1 is 1.03 bits per heavy atom. The van der Waals surface area contributed by atoms with Crippen molar-refractivity contribution in [2.75, 3.05) is 26.2 Å². The molecule has 188 valence electrons. The fourth-order valence-electron chi connectivity index (χ4n) is 3.98. The second-order valence-corrected chi connectivity index (χ2v) is 9.42. The van der Waals surface area contributed by atoms with Gasteiger partial charge in [0.05, 0.1) is 0 Å². The third-order valence-corrected chi connectivity index (χ3v) is 5.96. The van der Waals surface area contributed by atoms with E-state index in [1.807, 2.05) is 51.1 Å². The van der Waals surface area contributed by atoms with Gasteiger partial charge in [0.1, 0.15) is 11.8 Å². The Morgan fingerprint density at radius 2 is 1.71 bits per heavy atom. The number of nitrogens with one attached hydrogen (secondary N) is 2. The van der Waals surface area contributed by atoms with E-state index in [9.17, 15) is 14.4 Å². The minimum absolute atomic E-state index is 0.0370. The van der Waals surface area contributed by atoms with Gasteiger partial charge in [-0.25, -0.2) is 4.79 Å². The predicted molar refractivity (Wildman–Crippen MR) is 135 cm³/mol. The maximum absolute atomic E-state index is 13.5. The van der Waals surface area contributed by atoms with E-state index in [4.69, 9.17) is 16.3 Å². The molecule has 1 saturated heterocycles. The quantitative estimate of drug-likeness (QED) is 0.582. The third kappa shape index (κ3) is 7.89. The molecule has 0 aromatic heterocycles. The maximum atomic E-state index is 13.5. The smallest absolute Gasteiger partial charge is 0.317 e. The van der Waals surface area contributed by atoms with Crippen LogP contribution in [0.1, 0.15) is 26.3 Å². The molecule has 0 saturated carbocycles. The summed E-state index contributed by atoms with van der Waals surface area (Å²) in [5.74, 6) is -0.0539. The zero-order chi connectivity index (χ0) is 25.4. The van der Waals surface area contributed by atoms with E-state index in [2.05, 4.69) is 10.6 Å². The molecule has 8 nitrogen and oxygen atoms in total. The van der Waals surface area contributed by atoms with Crippen molar-refractivity contribution in [3.8, 4) is 5.75 Å². The first-order valence-corrected chi connectivity index (χ1v) is 12.2. The lowest BCUT2D eigenvalue weighted by atomic mass is 10.0. The van der Waals surface area contributed by atoms with Crippen molar-refractivity contribution in [1.82, 2.24) is 20.4 Å². The zero-order valence-corrected chi connectivity index (χ0v) is 21.1. The number of ether oxygens (including phenoxy) is 1. The first kappa shape index (κ1) is 26.3. The molecular formula is C26H33ClN4O4. The molecular weight excluding hydrogens is 468 g/mol. The van der Waals surface area contributed by atoms with Crippen molar-refractivity contribution >= 4 is 29.4 Å². The van der Waals surface area contributed by atoms with Gasteiger partial charge >= 0.3 is 6.03 Å². The number of hydrogen-bond acceptors (Lipinski definition) is 4. The Balaban J connectivity index is 1.64. The second-order valence-electron chi connectivity index (χ2n) is 8.98. The van der Waals surface area contributed by atoms with Gasteiger partial charge in [-0.3, -0.25) is 9.59 Å². The minimum atomic E-state index is -0.748. The number of urea groups is 1. The lowest BCUT2D eigenvalue weighted by molar-refractivity contribution is -0.138. The first-order chi connectivity index (χ1) is 16.7. The van der Waals surface area contributed by atoms with Crippen LogP contribution in [0.15, 0.2) is 54.6 Å². The van der Waals surface area contributed by atoms with Gasteiger partial charge in [-0.15, -0.1) is 0 Å². The Bertz CT molecular complexity index is 1000. The lowest BCUT2D eigenvalue weighted by Crippen LogP contribution is -2.61. The second kappa shape index (κ2) is 12.4. The van der Waals surface area contributed by atoms with Crippen LogP contribution in [-0.4, -0.2) is 72.0 Å². The number of benzene rings is 2. The van der Waals surface area contributed by atoms with E-state index in [0.717, 1.165) is 5.56 Å². The Labute approximate surface area is 211 Å².